The van der Waals surface area contributed by atoms with Crippen LogP contribution < -0.4 is 0 Å². The van der Waals surface area contributed by atoms with Crippen molar-refractivity contribution in [3.63, 3.8) is 0 Å². The highest BCUT2D eigenvalue weighted by atomic mass is 32.2. The molecule has 11 nitrogen and oxygen atoms in total. The number of aromatic nitrogens is 2. The predicted octanol–water partition coefficient (Wildman–Crippen LogP) is 4.83. The second-order valence-electron chi connectivity index (χ2n) is 9.52. The Balaban J connectivity index is 0.000000616. The maximum atomic E-state index is 12.9. The lowest BCUT2D eigenvalue weighted by molar-refractivity contribution is -0.192. The van der Waals surface area contributed by atoms with E-state index in [9.17, 15) is 31.2 Å². The Morgan fingerprint density at radius 1 is 1.05 bits per heavy atom. The molecule has 0 spiro atoms. The fourth-order valence-electron chi connectivity index (χ4n) is 4.17. The second kappa shape index (κ2) is 13.7. The molecule has 42 heavy (non-hydrogen) atoms. The molecular weight excluding hydrogens is 583 g/mol. The van der Waals surface area contributed by atoms with Gasteiger partial charge in [0, 0.05) is 19.5 Å². The molecule has 0 aliphatic carbocycles. The van der Waals surface area contributed by atoms with Gasteiger partial charge in [0.05, 0.1) is 11.1 Å². The van der Waals surface area contributed by atoms with Gasteiger partial charge in [-0.15, -0.1) is 0 Å². The Morgan fingerprint density at radius 3 is 2.24 bits per heavy atom. The number of oxazole rings is 1. The smallest absolute Gasteiger partial charge is 0.477 e. The SMILES string of the molecule is Cc1ccc(S(=O)(=O)N2CCC(CCCC(=O)c3ncc(-c4cccc(C(=O)O)n4)o3)CC2)cc1.O=C(O)C(F)(F)F. The van der Waals surface area contributed by atoms with E-state index < -0.39 is 28.1 Å². The lowest BCUT2D eigenvalue weighted by Crippen LogP contribution is -2.38. The molecule has 4 rings (SSSR count). The van der Waals surface area contributed by atoms with Crippen LogP contribution in [-0.4, -0.2) is 69.9 Å². The molecule has 1 fully saturated rings. The minimum atomic E-state index is -5.08. The first-order valence-electron chi connectivity index (χ1n) is 12.7. The van der Waals surface area contributed by atoms with Crippen LogP contribution in [0.15, 0.2) is 58.0 Å². The number of aromatic carboxylic acids is 1. The van der Waals surface area contributed by atoms with Crippen LogP contribution in [0.5, 0.6) is 0 Å². The van der Waals surface area contributed by atoms with E-state index >= 15 is 0 Å². The highest BCUT2D eigenvalue weighted by Gasteiger charge is 2.38. The number of benzene rings is 1. The van der Waals surface area contributed by atoms with E-state index in [2.05, 4.69) is 9.97 Å². The molecule has 0 unspecified atom stereocenters. The summed E-state index contributed by atoms with van der Waals surface area (Å²) in [6.07, 6.45) is -0.462. The number of hydrogen-bond acceptors (Lipinski definition) is 8. The first kappa shape index (κ1) is 32.4. The van der Waals surface area contributed by atoms with Crippen molar-refractivity contribution in [2.24, 2.45) is 5.92 Å². The van der Waals surface area contributed by atoms with Gasteiger partial charge in [-0.05, 0) is 62.8 Å². The number of carboxylic acid groups (broad SMARTS) is 2. The number of rotatable bonds is 9. The number of nitrogens with zero attached hydrogens (tertiary/aromatic N) is 3. The zero-order valence-electron chi connectivity index (χ0n) is 22.4. The van der Waals surface area contributed by atoms with E-state index in [1.54, 1.807) is 40.7 Å². The minimum absolute atomic E-state index is 0.0264. The molecule has 226 valence electrons. The van der Waals surface area contributed by atoms with Crippen molar-refractivity contribution in [2.75, 3.05) is 13.1 Å². The van der Waals surface area contributed by atoms with E-state index in [4.69, 9.17) is 19.4 Å². The number of piperidine rings is 1. The Morgan fingerprint density at radius 2 is 1.67 bits per heavy atom. The first-order valence-corrected chi connectivity index (χ1v) is 14.2. The number of aliphatic carboxylic acids is 1. The van der Waals surface area contributed by atoms with Gasteiger partial charge in [-0.2, -0.15) is 17.5 Å². The van der Waals surface area contributed by atoms with Crippen LogP contribution in [0.4, 0.5) is 13.2 Å². The number of alkyl halides is 3. The van der Waals surface area contributed by atoms with E-state index in [1.165, 1.54) is 12.3 Å². The molecule has 0 amide bonds. The van der Waals surface area contributed by atoms with Crippen molar-refractivity contribution < 1.29 is 50.6 Å². The maximum Gasteiger partial charge on any atom is 0.490 e. The third-order valence-corrected chi connectivity index (χ3v) is 8.37. The third kappa shape index (κ3) is 8.69. The molecule has 1 aromatic carbocycles. The van der Waals surface area contributed by atoms with Crippen molar-refractivity contribution in [1.29, 1.82) is 0 Å². The predicted molar refractivity (Wildman–Crippen MR) is 141 cm³/mol. The van der Waals surface area contributed by atoms with Crippen LogP contribution in [0.1, 0.15) is 58.8 Å². The Labute approximate surface area is 239 Å². The van der Waals surface area contributed by atoms with Crippen LogP contribution >= 0.6 is 0 Å². The van der Waals surface area contributed by atoms with E-state index in [0.29, 0.717) is 36.0 Å². The number of hydrogen-bond donors (Lipinski definition) is 2. The molecule has 1 aliphatic heterocycles. The molecule has 3 aromatic rings. The fraction of sp³-hybridized carbons (Fsp3) is 0.370. The molecule has 0 bridgehead atoms. The van der Waals surface area contributed by atoms with Crippen LogP contribution in [0, 0.1) is 12.8 Å². The summed E-state index contributed by atoms with van der Waals surface area (Å²) in [6, 6.07) is 11.4. The number of aryl methyl sites for hydroxylation is 1. The molecule has 15 heteroatoms. The van der Waals surface area contributed by atoms with Crippen molar-refractivity contribution >= 4 is 27.7 Å². The largest absolute Gasteiger partial charge is 0.490 e. The van der Waals surface area contributed by atoms with Gasteiger partial charge < -0.3 is 14.6 Å². The summed E-state index contributed by atoms with van der Waals surface area (Å²) in [7, 11) is -3.48. The summed E-state index contributed by atoms with van der Waals surface area (Å²) >= 11 is 0. The Hall–Kier alpha value is -4.11. The van der Waals surface area contributed by atoms with Gasteiger partial charge in [-0.1, -0.05) is 23.8 Å². The van der Waals surface area contributed by atoms with Gasteiger partial charge in [0.2, 0.25) is 15.8 Å². The van der Waals surface area contributed by atoms with Crippen LogP contribution in [-0.2, 0) is 14.8 Å². The number of sulfonamides is 1. The summed E-state index contributed by atoms with van der Waals surface area (Å²) in [5.41, 5.74) is 1.19. The zero-order valence-corrected chi connectivity index (χ0v) is 23.2. The topological polar surface area (TPSA) is 168 Å². The summed E-state index contributed by atoms with van der Waals surface area (Å²) in [5, 5.41) is 16.2. The molecular formula is C27H28F3N3O8S. The second-order valence-corrected chi connectivity index (χ2v) is 11.5. The minimum Gasteiger partial charge on any atom is -0.477 e. The third-order valence-electron chi connectivity index (χ3n) is 6.46. The lowest BCUT2D eigenvalue weighted by atomic mass is 9.92. The van der Waals surface area contributed by atoms with E-state index in [1.807, 2.05) is 6.92 Å². The molecule has 2 aromatic heterocycles. The lowest BCUT2D eigenvalue weighted by Gasteiger charge is -2.31. The van der Waals surface area contributed by atoms with Crippen molar-refractivity contribution in [2.45, 2.75) is 50.1 Å². The summed E-state index contributed by atoms with van der Waals surface area (Å²) < 4.78 is 64.5. The van der Waals surface area contributed by atoms with Gasteiger partial charge in [-0.25, -0.2) is 28.0 Å². The molecule has 0 radical (unpaired) electrons. The number of ketones is 1. The molecule has 2 N–H and O–H groups in total. The number of Topliss-reactive ketones (excluding diaryl/α,β-unsaturated/α-hetero) is 1. The highest BCUT2D eigenvalue weighted by molar-refractivity contribution is 7.89. The monoisotopic (exact) mass is 611 g/mol. The van der Waals surface area contributed by atoms with Crippen molar-refractivity contribution in [3.8, 4) is 11.5 Å². The molecule has 0 saturated carbocycles. The quantitative estimate of drug-likeness (QED) is 0.320. The van der Waals surface area contributed by atoms with Gasteiger partial charge >= 0.3 is 18.1 Å². The Bertz CT molecular complexity index is 1510. The van der Waals surface area contributed by atoms with Crippen molar-refractivity contribution in [1.82, 2.24) is 14.3 Å². The van der Waals surface area contributed by atoms with E-state index in [-0.39, 0.29) is 29.5 Å². The summed E-state index contributed by atoms with van der Waals surface area (Å²) in [6.45, 7) is 2.87. The number of carbonyl (C=O) groups excluding carboxylic acids is 1. The van der Waals surface area contributed by atoms with Crippen LogP contribution in [0.3, 0.4) is 0 Å². The summed E-state index contributed by atoms with van der Waals surface area (Å²) in [5.74, 6) is -3.57. The highest BCUT2D eigenvalue weighted by Crippen LogP contribution is 2.27. The van der Waals surface area contributed by atoms with Gasteiger partial charge in [0.15, 0.2) is 5.76 Å². The first-order chi connectivity index (χ1) is 19.7. The molecule has 0 atom stereocenters. The average Bonchev–Trinajstić information content (AvgIpc) is 3.44. The van der Waals surface area contributed by atoms with Gasteiger partial charge in [-0.3, -0.25) is 4.79 Å². The molecule has 3 heterocycles. The number of carboxylic acids is 2. The molecule has 1 aliphatic rings. The normalized spacial score (nSPS) is 14.6. The number of pyridine rings is 1. The number of halogens is 3. The van der Waals surface area contributed by atoms with Gasteiger partial charge in [0.25, 0.3) is 5.89 Å². The zero-order chi connectivity index (χ0) is 31.1. The Kier molecular flexibility index (Phi) is 10.6. The van der Waals surface area contributed by atoms with Crippen LogP contribution in [0.2, 0.25) is 0 Å². The number of carbonyl (C=O) groups is 3. The maximum absolute atomic E-state index is 12.9. The van der Waals surface area contributed by atoms with Gasteiger partial charge in [0.1, 0.15) is 11.4 Å². The molecule has 1 saturated heterocycles. The standard InChI is InChI=1S/C25H27N3O6S.C2HF3O2/c1-17-8-10-19(11-9-17)35(32,33)28-14-12-18(13-15-28)4-2-7-22(29)24-26-16-23(34-24)20-5-3-6-21(27-20)25(30)31;3-2(4,5)1(6)7/h3,5-6,8-11,16,18H,2,4,7,12-15H2,1H3,(H,30,31);(H,6,7). The fourth-order valence-corrected chi connectivity index (χ4v) is 5.64. The average molecular weight is 612 g/mol. The van der Waals surface area contributed by atoms with Crippen LogP contribution in [0.25, 0.3) is 11.5 Å². The summed E-state index contributed by atoms with van der Waals surface area (Å²) in [4.78, 5) is 40.8. The van der Waals surface area contributed by atoms with E-state index in [0.717, 1.165) is 24.8 Å². The van der Waals surface area contributed by atoms with Crippen molar-refractivity contribution in [3.05, 3.63) is 65.8 Å².